The number of piperidine rings is 1. The fourth-order valence-electron chi connectivity index (χ4n) is 3.16. The molecule has 1 aliphatic heterocycles. The van der Waals surface area contributed by atoms with Gasteiger partial charge in [-0.3, -0.25) is 4.79 Å². The van der Waals surface area contributed by atoms with E-state index >= 15 is 0 Å². The number of hydrogen-bond acceptors (Lipinski definition) is 4. The molecule has 1 amide bonds. The monoisotopic (exact) mass is 397 g/mol. The van der Waals surface area contributed by atoms with E-state index in [-0.39, 0.29) is 17.6 Å². The molecule has 0 saturated carbocycles. The minimum Gasteiger partial charge on any atom is -0.348 e. The first-order valence-corrected chi connectivity index (χ1v) is 9.80. The maximum atomic E-state index is 12.9. The van der Waals surface area contributed by atoms with E-state index in [4.69, 9.17) is 0 Å². The lowest BCUT2D eigenvalue weighted by molar-refractivity contribution is -0.137. The lowest BCUT2D eigenvalue weighted by atomic mass is 10.0. The minimum atomic E-state index is -4.40. The van der Waals surface area contributed by atoms with Crippen LogP contribution in [0.2, 0.25) is 0 Å². The number of thiazole rings is 1. The van der Waals surface area contributed by atoms with Gasteiger partial charge >= 0.3 is 6.18 Å². The zero-order valence-electron chi connectivity index (χ0n) is 15.2. The third kappa shape index (κ3) is 4.87. The fraction of sp³-hybridized carbons (Fsp3) is 0.474. The van der Waals surface area contributed by atoms with Gasteiger partial charge < -0.3 is 10.2 Å². The smallest absolute Gasteiger partial charge is 0.348 e. The largest absolute Gasteiger partial charge is 0.416 e. The van der Waals surface area contributed by atoms with Crippen LogP contribution in [0.25, 0.3) is 10.6 Å². The van der Waals surface area contributed by atoms with Crippen LogP contribution in [-0.4, -0.2) is 41.0 Å². The Morgan fingerprint density at radius 3 is 2.63 bits per heavy atom. The molecule has 1 aromatic carbocycles. The molecule has 3 rings (SSSR count). The van der Waals surface area contributed by atoms with Crippen molar-refractivity contribution in [2.75, 3.05) is 13.1 Å². The summed E-state index contributed by atoms with van der Waals surface area (Å²) in [5.74, 6) is -0.271. The second-order valence-electron chi connectivity index (χ2n) is 6.99. The Morgan fingerprint density at radius 1 is 1.30 bits per heavy atom. The Kier molecular flexibility index (Phi) is 5.86. The van der Waals surface area contributed by atoms with Gasteiger partial charge in [0.1, 0.15) is 10.7 Å². The van der Waals surface area contributed by atoms with Crippen molar-refractivity contribution in [2.45, 2.75) is 44.9 Å². The highest BCUT2D eigenvalue weighted by atomic mass is 32.1. The average Bonchev–Trinajstić information content (AvgIpc) is 3.12. The number of nitrogens with one attached hydrogen (secondary N) is 1. The molecule has 27 heavy (non-hydrogen) atoms. The standard InChI is InChI=1S/C19H22F3N3OS/c1-12(2)25-8-6-15(7-9-25)23-17(26)16-11-27-18(24-16)13-4-3-5-14(10-13)19(20,21)22/h3-5,10-12,15H,6-9H2,1-2H3,(H,23,26). The van der Waals surface area contributed by atoms with Gasteiger partial charge in [-0.05, 0) is 38.8 Å². The Bertz CT molecular complexity index is 795. The number of likely N-dealkylation sites (tertiary alicyclic amines) is 1. The molecular weight excluding hydrogens is 375 g/mol. The van der Waals surface area contributed by atoms with Crippen LogP contribution in [-0.2, 0) is 6.18 Å². The molecule has 0 radical (unpaired) electrons. The number of halogens is 3. The maximum absolute atomic E-state index is 12.9. The number of aromatic nitrogens is 1. The normalized spacial score (nSPS) is 16.7. The molecule has 0 aliphatic carbocycles. The zero-order chi connectivity index (χ0) is 19.6. The van der Waals surface area contributed by atoms with Crippen LogP contribution >= 0.6 is 11.3 Å². The van der Waals surface area contributed by atoms with E-state index in [0.29, 0.717) is 16.6 Å². The number of nitrogens with zero attached hydrogens (tertiary/aromatic N) is 2. The summed E-state index contributed by atoms with van der Waals surface area (Å²) in [5.41, 5.74) is -0.115. The molecule has 1 N–H and O–H groups in total. The molecule has 8 heteroatoms. The number of amides is 1. The molecule has 2 aromatic rings. The molecule has 1 fully saturated rings. The van der Waals surface area contributed by atoms with Gasteiger partial charge in [0.25, 0.3) is 5.91 Å². The minimum absolute atomic E-state index is 0.103. The Balaban J connectivity index is 1.65. The van der Waals surface area contributed by atoms with Crippen LogP contribution in [0.15, 0.2) is 29.6 Å². The van der Waals surface area contributed by atoms with Crippen molar-refractivity contribution in [3.63, 3.8) is 0 Å². The van der Waals surface area contributed by atoms with E-state index < -0.39 is 11.7 Å². The van der Waals surface area contributed by atoms with Gasteiger partial charge in [0.05, 0.1) is 5.56 Å². The van der Waals surface area contributed by atoms with Crippen LogP contribution in [0.1, 0.15) is 42.7 Å². The Labute approximate surface area is 160 Å². The molecule has 0 atom stereocenters. The van der Waals surface area contributed by atoms with Gasteiger partial charge in [-0.2, -0.15) is 13.2 Å². The van der Waals surface area contributed by atoms with Crippen LogP contribution in [0, 0.1) is 0 Å². The molecule has 0 bridgehead atoms. The second-order valence-corrected chi connectivity index (χ2v) is 7.85. The number of carbonyl (C=O) groups is 1. The number of rotatable bonds is 4. The SMILES string of the molecule is CC(C)N1CCC(NC(=O)c2csc(-c3cccc(C(F)(F)F)c3)n2)CC1. The summed E-state index contributed by atoms with van der Waals surface area (Å²) < 4.78 is 38.6. The second kappa shape index (κ2) is 7.98. The lowest BCUT2D eigenvalue weighted by Crippen LogP contribution is -2.46. The summed E-state index contributed by atoms with van der Waals surface area (Å²) in [6.45, 7) is 6.19. The Hall–Kier alpha value is -1.93. The zero-order valence-corrected chi connectivity index (χ0v) is 16.0. The average molecular weight is 397 g/mol. The van der Waals surface area contributed by atoms with Crippen molar-refractivity contribution in [3.8, 4) is 10.6 Å². The summed E-state index contributed by atoms with van der Waals surface area (Å²) >= 11 is 1.17. The first-order valence-electron chi connectivity index (χ1n) is 8.92. The number of alkyl halides is 3. The number of carbonyl (C=O) groups excluding carboxylic acids is 1. The summed E-state index contributed by atoms with van der Waals surface area (Å²) in [5, 5.41) is 4.99. The van der Waals surface area contributed by atoms with Crippen molar-refractivity contribution in [1.82, 2.24) is 15.2 Å². The van der Waals surface area contributed by atoms with Crippen molar-refractivity contribution >= 4 is 17.2 Å². The fourth-order valence-corrected chi connectivity index (χ4v) is 3.96. The molecule has 1 aromatic heterocycles. The third-order valence-corrected chi connectivity index (χ3v) is 5.66. The molecule has 0 unspecified atom stereocenters. The number of hydrogen-bond donors (Lipinski definition) is 1. The molecule has 2 heterocycles. The van der Waals surface area contributed by atoms with Crippen LogP contribution in [0.3, 0.4) is 0 Å². The molecule has 4 nitrogen and oxygen atoms in total. The van der Waals surface area contributed by atoms with E-state index in [1.54, 1.807) is 11.4 Å². The molecule has 1 saturated heterocycles. The topological polar surface area (TPSA) is 45.2 Å². The first-order chi connectivity index (χ1) is 12.7. The summed E-state index contributed by atoms with van der Waals surface area (Å²) in [4.78, 5) is 19.1. The highest BCUT2D eigenvalue weighted by molar-refractivity contribution is 7.13. The summed E-state index contributed by atoms with van der Waals surface area (Å²) in [6.07, 6.45) is -2.64. The molecule has 0 spiro atoms. The quantitative estimate of drug-likeness (QED) is 0.830. The summed E-state index contributed by atoms with van der Waals surface area (Å²) in [7, 11) is 0. The lowest BCUT2D eigenvalue weighted by Gasteiger charge is -2.34. The van der Waals surface area contributed by atoms with Crippen LogP contribution in [0.4, 0.5) is 13.2 Å². The van der Waals surface area contributed by atoms with E-state index in [9.17, 15) is 18.0 Å². The maximum Gasteiger partial charge on any atom is 0.416 e. The third-order valence-electron chi connectivity index (χ3n) is 4.77. The highest BCUT2D eigenvalue weighted by Crippen LogP contribution is 2.33. The van der Waals surface area contributed by atoms with Gasteiger partial charge in [0, 0.05) is 36.1 Å². The van der Waals surface area contributed by atoms with E-state index in [1.165, 1.54) is 17.4 Å². The van der Waals surface area contributed by atoms with Crippen molar-refractivity contribution in [1.29, 1.82) is 0 Å². The number of benzene rings is 1. The van der Waals surface area contributed by atoms with Crippen LogP contribution in [0.5, 0.6) is 0 Å². The van der Waals surface area contributed by atoms with E-state index in [1.807, 2.05) is 0 Å². The molecular formula is C19H22F3N3OS. The van der Waals surface area contributed by atoms with E-state index in [2.05, 4.69) is 29.0 Å². The Morgan fingerprint density at radius 2 is 2.00 bits per heavy atom. The van der Waals surface area contributed by atoms with Gasteiger partial charge in [-0.25, -0.2) is 4.98 Å². The predicted octanol–water partition coefficient (Wildman–Crippen LogP) is 4.43. The summed E-state index contributed by atoms with van der Waals surface area (Å²) in [6, 6.07) is 5.59. The van der Waals surface area contributed by atoms with Gasteiger partial charge in [0.15, 0.2) is 0 Å². The van der Waals surface area contributed by atoms with Crippen molar-refractivity contribution < 1.29 is 18.0 Å². The van der Waals surface area contributed by atoms with E-state index in [0.717, 1.165) is 38.1 Å². The molecule has 146 valence electrons. The van der Waals surface area contributed by atoms with Crippen LogP contribution < -0.4 is 5.32 Å². The van der Waals surface area contributed by atoms with Gasteiger partial charge in [-0.1, -0.05) is 12.1 Å². The van der Waals surface area contributed by atoms with Crippen molar-refractivity contribution in [3.05, 3.63) is 40.9 Å². The van der Waals surface area contributed by atoms with Crippen molar-refractivity contribution in [2.24, 2.45) is 0 Å². The highest BCUT2D eigenvalue weighted by Gasteiger charge is 2.30. The van der Waals surface area contributed by atoms with Gasteiger partial charge in [-0.15, -0.1) is 11.3 Å². The first kappa shape index (κ1) is 19.8. The predicted molar refractivity (Wildman–Crippen MR) is 99.7 cm³/mol. The van der Waals surface area contributed by atoms with Gasteiger partial charge in [0.2, 0.25) is 0 Å². The molecule has 1 aliphatic rings.